The number of ether oxygens (including phenoxy) is 1. The van der Waals surface area contributed by atoms with E-state index >= 15 is 0 Å². The van der Waals surface area contributed by atoms with Crippen LogP contribution < -0.4 is 10.1 Å². The third kappa shape index (κ3) is 4.33. The third-order valence-electron chi connectivity index (χ3n) is 2.44. The monoisotopic (exact) mass is 252 g/mol. The largest absolute Gasteiger partial charge is 0.479 e. The van der Waals surface area contributed by atoms with Gasteiger partial charge < -0.3 is 15.2 Å². The quantitative estimate of drug-likeness (QED) is 0.723. The first-order valence-electron chi connectivity index (χ1n) is 6.11. The molecule has 0 radical (unpaired) electrons. The van der Waals surface area contributed by atoms with E-state index in [4.69, 9.17) is 9.84 Å². The molecule has 5 heteroatoms. The first-order valence-corrected chi connectivity index (χ1v) is 6.11. The Morgan fingerprint density at radius 3 is 2.89 bits per heavy atom. The van der Waals surface area contributed by atoms with E-state index in [9.17, 15) is 4.79 Å². The number of carbonyl (C=O) groups is 1. The lowest BCUT2D eigenvalue weighted by Gasteiger charge is -2.14. The van der Waals surface area contributed by atoms with Crippen molar-refractivity contribution in [3.8, 4) is 5.75 Å². The highest BCUT2D eigenvalue weighted by molar-refractivity contribution is 5.72. The van der Waals surface area contributed by atoms with Crippen molar-refractivity contribution in [3.63, 3.8) is 0 Å². The van der Waals surface area contributed by atoms with Crippen LogP contribution in [0.15, 0.2) is 12.1 Å². The Morgan fingerprint density at radius 2 is 2.28 bits per heavy atom. The van der Waals surface area contributed by atoms with Gasteiger partial charge in [0.2, 0.25) is 0 Å². The predicted octanol–water partition coefficient (Wildman–Crippen LogP) is 1.74. The minimum Gasteiger partial charge on any atom is -0.479 e. The Bertz CT molecular complexity index is 407. The predicted molar refractivity (Wildman–Crippen MR) is 68.7 cm³/mol. The van der Waals surface area contributed by atoms with Gasteiger partial charge in [0.25, 0.3) is 0 Å². The van der Waals surface area contributed by atoms with Gasteiger partial charge in [0.15, 0.2) is 6.10 Å². The molecule has 0 aliphatic rings. The van der Waals surface area contributed by atoms with Crippen molar-refractivity contribution in [1.82, 2.24) is 10.3 Å². The maximum Gasteiger partial charge on any atom is 0.344 e. The summed E-state index contributed by atoms with van der Waals surface area (Å²) in [6.07, 6.45) is 0.160. The molecule has 1 atom stereocenters. The summed E-state index contributed by atoms with van der Waals surface area (Å²) in [5, 5.41) is 12.1. The van der Waals surface area contributed by atoms with Gasteiger partial charge in [-0.3, -0.25) is 4.98 Å². The van der Waals surface area contributed by atoms with Gasteiger partial charge in [-0.15, -0.1) is 0 Å². The number of pyridine rings is 1. The number of carboxylic acids is 1. The summed E-state index contributed by atoms with van der Waals surface area (Å²) in [7, 11) is 0. The van der Waals surface area contributed by atoms with Gasteiger partial charge in [0.1, 0.15) is 5.75 Å². The van der Waals surface area contributed by atoms with Crippen molar-refractivity contribution in [2.24, 2.45) is 0 Å². The summed E-state index contributed by atoms with van der Waals surface area (Å²) in [6, 6.07) is 3.58. The Hall–Kier alpha value is -1.62. The van der Waals surface area contributed by atoms with Crippen molar-refractivity contribution >= 4 is 5.97 Å². The zero-order chi connectivity index (χ0) is 13.5. The Balaban J connectivity index is 2.78. The van der Waals surface area contributed by atoms with Gasteiger partial charge in [-0.2, -0.15) is 0 Å². The van der Waals surface area contributed by atoms with Crippen molar-refractivity contribution in [2.75, 3.05) is 6.54 Å². The molecule has 0 bridgehead atoms. The van der Waals surface area contributed by atoms with Gasteiger partial charge in [-0.05, 0) is 38.9 Å². The lowest BCUT2D eigenvalue weighted by atomic mass is 10.2. The van der Waals surface area contributed by atoms with Gasteiger partial charge in [0.05, 0.1) is 5.69 Å². The number of nitrogens with one attached hydrogen (secondary N) is 1. The van der Waals surface area contributed by atoms with Crippen LogP contribution in [0.1, 0.15) is 31.7 Å². The van der Waals surface area contributed by atoms with Gasteiger partial charge in [0, 0.05) is 12.2 Å². The molecule has 1 unspecified atom stereocenters. The van der Waals surface area contributed by atoms with Gasteiger partial charge in [-0.1, -0.05) is 6.92 Å². The number of hydrogen-bond donors (Lipinski definition) is 2. The second-order valence-corrected chi connectivity index (χ2v) is 4.17. The van der Waals surface area contributed by atoms with Crippen LogP contribution in [-0.4, -0.2) is 28.7 Å². The number of hydrogen-bond acceptors (Lipinski definition) is 4. The molecule has 0 spiro atoms. The molecule has 0 fully saturated rings. The molecule has 1 aromatic heterocycles. The second kappa shape index (κ2) is 6.96. The molecule has 1 aromatic rings. The molecular weight excluding hydrogens is 232 g/mol. The molecule has 1 heterocycles. The van der Waals surface area contributed by atoms with Crippen molar-refractivity contribution in [2.45, 2.75) is 39.8 Å². The van der Waals surface area contributed by atoms with Crippen molar-refractivity contribution in [3.05, 3.63) is 23.5 Å². The van der Waals surface area contributed by atoms with Crippen LogP contribution in [0.4, 0.5) is 0 Å². The first kappa shape index (κ1) is 14.4. The van der Waals surface area contributed by atoms with Crippen molar-refractivity contribution < 1.29 is 14.6 Å². The summed E-state index contributed by atoms with van der Waals surface area (Å²) in [4.78, 5) is 15.2. The lowest BCUT2D eigenvalue weighted by Crippen LogP contribution is -2.24. The molecule has 0 saturated carbocycles. The van der Waals surface area contributed by atoms with E-state index in [0.717, 1.165) is 24.4 Å². The van der Waals surface area contributed by atoms with E-state index in [2.05, 4.69) is 17.2 Å². The normalized spacial score (nSPS) is 12.2. The third-order valence-corrected chi connectivity index (χ3v) is 2.44. The molecule has 0 aliphatic heterocycles. The molecule has 100 valence electrons. The topological polar surface area (TPSA) is 71.5 Å². The smallest absolute Gasteiger partial charge is 0.344 e. The number of aromatic nitrogens is 1. The SMILES string of the molecule is CCCNCc1nc(C)ccc1OC(C)C(=O)O. The number of carboxylic acid groups (broad SMARTS) is 1. The van der Waals surface area contributed by atoms with E-state index in [1.807, 2.05) is 13.0 Å². The highest BCUT2D eigenvalue weighted by Crippen LogP contribution is 2.18. The Labute approximate surface area is 107 Å². The lowest BCUT2D eigenvalue weighted by molar-refractivity contribution is -0.144. The number of nitrogens with zero attached hydrogens (tertiary/aromatic N) is 1. The van der Waals surface area contributed by atoms with E-state index in [-0.39, 0.29) is 0 Å². The van der Waals surface area contributed by atoms with Crippen LogP contribution in [0.25, 0.3) is 0 Å². The molecule has 0 aromatic carbocycles. The number of rotatable bonds is 7. The molecule has 0 amide bonds. The molecule has 0 aliphatic carbocycles. The summed E-state index contributed by atoms with van der Waals surface area (Å²) in [5.74, 6) is -0.456. The maximum atomic E-state index is 10.8. The van der Waals surface area contributed by atoms with E-state index in [1.165, 1.54) is 6.92 Å². The summed E-state index contributed by atoms with van der Waals surface area (Å²) in [5.41, 5.74) is 1.63. The minimum absolute atomic E-state index is 0.527. The van der Waals surface area contributed by atoms with Crippen LogP contribution in [0.3, 0.4) is 0 Å². The van der Waals surface area contributed by atoms with Crippen LogP contribution in [0, 0.1) is 6.92 Å². The summed E-state index contributed by atoms with van der Waals surface area (Å²) < 4.78 is 5.39. The number of aryl methyl sites for hydroxylation is 1. The van der Waals surface area contributed by atoms with E-state index in [0.29, 0.717) is 12.3 Å². The fourth-order valence-electron chi connectivity index (χ4n) is 1.46. The first-order chi connectivity index (χ1) is 8.54. The van der Waals surface area contributed by atoms with Crippen LogP contribution in [0.2, 0.25) is 0 Å². The molecule has 18 heavy (non-hydrogen) atoms. The molecule has 5 nitrogen and oxygen atoms in total. The van der Waals surface area contributed by atoms with Crippen LogP contribution in [0.5, 0.6) is 5.75 Å². The van der Waals surface area contributed by atoms with Crippen LogP contribution >= 0.6 is 0 Å². The zero-order valence-electron chi connectivity index (χ0n) is 11.1. The van der Waals surface area contributed by atoms with Gasteiger partial charge in [-0.25, -0.2) is 4.79 Å². The second-order valence-electron chi connectivity index (χ2n) is 4.17. The highest BCUT2D eigenvalue weighted by atomic mass is 16.5. The fourth-order valence-corrected chi connectivity index (χ4v) is 1.46. The minimum atomic E-state index is -0.983. The van der Waals surface area contributed by atoms with Crippen molar-refractivity contribution in [1.29, 1.82) is 0 Å². The standard InChI is InChI=1S/C13H20N2O3/c1-4-7-14-8-11-12(6-5-9(2)15-11)18-10(3)13(16)17/h5-6,10,14H,4,7-8H2,1-3H3,(H,16,17). The highest BCUT2D eigenvalue weighted by Gasteiger charge is 2.15. The molecule has 2 N–H and O–H groups in total. The molecule has 0 saturated heterocycles. The average Bonchev–Trinajstić information content (AvgIpc) is 2.32. The van der Waals surface area contributed by atoms with Gasteiger partial charge >= 0.3 is 5.97 Å². The van der Waals surface area contributed by atoms with E-state index < -0.39 is 12.1 Å². The Kier molecular flexibility index (Phi) is 5.58. The Morgan fingerprint density at radius 1 is 1.56 bits per heavy atom. The molecular formula is C13H20N2O3. The number of aliphatic carboxylic acids is 1. The summed E-state index contributed by atoms with van der Waals surface area (Å²) in [6.45, 7) is 6.96. The average molecular weight is 252 g/mol. The molecule has 1 rings (SSSR count). The maximum absolute atomic E-state index is 10.8. The van der Waals surface area contributed by atoms with E-state index in [1.54, 1.807) is 6.07 Å². The van der Waals surface area contributed by atoms with Crippen LogP contribution in [-0.2, 0) is 11.3 Å². The summed E-state index contributed by atoms with van der Waals surface area (Å²) >= 11 is 0. The zero-order valence-corrected chi connectivity index (χ0v) is 11.1. The fraction of sp³-hybridized carbons (Fsp3) is 0.538.